The van der Waals surface area contributed by atoms with Gasteiger partial charge in [-0.25, -0.2) is 39.5 Å². The fourth-order valence-electron chi connectivity index (χ4n) is 3.46. The van der Waals surface area contributed by atoms with Gasteiger partial charge in [-0.1, -0.05) is 60.7 Å². The molecule has 0 aromatic heterocycles. The van der Waals surface area contributed by atoms with Crippen LogP contribution in [0.25, 0.3) is 0 Å². The Balaban J connectivity index is 0.000000364. The minimum Gasteiger partial charge on any atom is -0.356 e. The molecule has 0 heterocycles. The summed E-state index contributed by atoms with van der Waals surface area (Å²) in [4.78, 5) is 0. The van der Waals surface area contributed by atoms with E-state index in [1.165, 1.54) is 10.6 Å². The molecule has 53 heavy (non-hydrogen) atoms. The van der Waals surface area contributed by atoms with Gasteiger partial charge >= 0.3 is 22.4 Å². The average molecular weight is 972 g/mol. The molecule has 5 rings (SSSR count). The fraction of sp³-hybridized carbons (Fsp3) is 0.118. The fourth-order valence-corrected chi connectivity index (χ4v) is 5.84. The van der Waals surface area contributed by atoms with Gasteiger partial charge in [-0.2, -0.15) is 0 Å². The van der Waals surface area contributed by atoms with Gasteiger partial charge in [0.05, 0.1) is 87.3 Å². The first-order valence-corrected chi connectivity index (χ1v) is 15.1. The van der Waals surface area contributed by atoms with Crippen molar-refractivity contribution in [3.63, 3.8) is 0 Å². The van der Waals surface area contributed by atoms with Gasteiger partial charge in [0.1, 0.15) is 0 Å². The van der Waals surface area contributed by atoms with Crippen molar-refractivity contribution in [2.45, 2.75) is 6.29 Å². The first-order valence-electron chi connectivity index (χ1n) is 13.6. The van der Waals surface area contributed by atoms with Crippen LogP contribution in [-0.2, 0) is 31.9 Å². The van der Waals surface area contributed by atoms with E-state index in [-0.39, 0.29) is 28.7 Å². The normalized spacial score (nSPS) is 10.4. The molecule has 0 atom stereocenters. The van der Waals surface area contributed by atoms with E-state index in [9.17, 15) is 65.9 Å². The minimum absolute atomic E-state index is 0. The topological polar surface area (TPSA) is 18.5 Å². The van der Waals surface area contributed by atoms with E-state index in [0.29, 0.717) is 0 Å². The molecule has 0 spiro atoms. The second kappa shape index (κ2) is 22.4. The number of methoxy groups -OCH3 is 2. The molecule has 0 unspecified atom stereocenters. The molecule has 5 aromatic rings. The summed E-state index contributed by atoms with van der Waals surface area (Å²) in [5.74, 6) is -30.1. The molecule has 288 valence electrons. The molecule has 0 radical (unpaired) electrons. The van der Waals surface area contributed by atoms with Crippen molar-refractivity contribution >= 4 is 18.5 Å². The van der Waals surface area contributed by atoms with E-state index in [2.05, 4.69) is 48.5 Å². The molecule has 5 aromatic carbocycles. The second-order valence-electron chi connectivity index (χ2n) is 9.27. The molecular formula is C34H19AuF15O2P. The van der Waals surface area contributed by atoms with Crippen molar-refractivity contribution in [2.75, 3.05) is 20.4 Å². The number of halogens is 15. The maximum Gasteiger partial charge on any atom is 3.00 e. The van der Waals surface area contributed by atoms with Gasteiger partial charge in [0.15, 0.2) is 6.29 Å². The van der Waals surface area contributed by atoms with Crippen molar-refractivity contribution in [3.8, 4) is 0 Å². The van der Waals surface area contributed by atoms with Crippen LogP contribution in [0, 0.1) is 105 Å². The SMILES string of the molecule is COC(CP(c1ccccc1)c1ccccc1)OC.Fc1[c-]c(F)c(F)c(F)c1F.Fc1[c-]c(F)c(F)c(F)c1F.Fc1[c-]c(F)c(F)c(F)c1F.[Au+3]. The van der Waals surface area contributed by atoms with Crippen LogP contribution in [0.5, 0.6) is 0 Å². The van der Waals surface area contributed by atoms with Crippen molar-refractivity contribution in [2.24, 2.45) is 0 Å². The Hall–Kier alpha value is -3.86. The van der Waals surface area contributed by atoms with Crippen molar-refractivity contribution in [1.82, 2.24) is 0 Å². The van der Waals surface area contributed by atoms with E-state index in [0.717, 1.165) is 24.4 Å². The molecule has 0 aliphatic heterocycles. The Kier molecular flexibility index (Phi) is 19.9. The molecule has 0 aliphatic carbocycles. The predicted molar refractivity (Wildman–Crippen MR) is 157 cm³/mol. The summed E-state index contributed by atoms with van der Waals surface area (Å²) in [6.07, 6.45) is 0.711. The molecule has 0 N–H and O–H groups in total. The maximum atomic E-state index is 12.0. The van der Waals surface area contributed by atoms with Gasteiger partial charge in [0.2, 0.25) is 0 Å². The predicted octanol–water partition coefficient (Wildman–Crippen LogP) is 9.28. The van der Waals surface area contributed by atoms with Crippen molar-refractivity contribution < 1.29 is 97.7 Å². The third-order valence-corrected chi connectivity index (χ3v) is 8.47. The van der Waals surface area contributed by atoms with Crippen LogP contribution in [0.4, 0.5) is 65.9 Å². The first-order chi connectivity index (χ1) is 24.5. The second-order valence-corrected chi connectivity index (χ2v) is 11.5. The van der Waals surface area contributed by atoms with Crippen LogP contribution in [0.1, 0.15) is 0 Å². The van der Waals surface area contributed by atoms with Crippen LogP contribution >= 0.6 is 7.92 Å². The van der Waals surface area contributed by atoms with E-state index in [1.807, 2.05) is 12.1 Å². The zero-order valence-corrected chi connectivity index (χ0v) is 29.4. The molecule has 2 nitrogen and oxygen atoms in total. The van der Waals surface area contributed by atoms with Gasteiger partial charge in [-0.05, 0) is 18.5 Å². The summed E-state index contributed by atoms with van der Waals surface area (Å²) >= 11 is 0. The summed E-state index contributed by atoms with van der Waals surface area (Å²) in [6, 6.07) is 24.2. The van der Waals surface area contributed by atoms with Crippen molar-refractivity contribution in [3.05, 3.63) is 166 Å². The van der Waals surface area contributed by atoms with Gasteiger partial charge < -0.3 is 9.47 Å². The first kappa shape index (κ1) is 47.2. The van der Waals surface area contributed by atoms with Crippen molar-refractivity contribution in [1.29, 1.82) is 0 Å². The summed E-state index contributed by atoms with van der Waals surface area (Å²) < 4.78 is 190. The summed E-state index contributed by atoms with van der Waals surface area (Å²) in [7, 11) is 2.93. The summed E-state index contributed by atoms with van der Waals surface area (Å²) in [5, 5.41) is 2.70. The molecular weight excluding hydrogens is 953 g/mol. The maximum absolute atomic E-state index is 12.0. The Bertz CT molecular complexity index is 1650. The van der Waals surface area contributed by atoms with E-state index in [1.54, 1.807) is 14.2 Å². The van der Waals surface area contributed by atoms with E-state index >= 15 is 0 Å². The number of benzene rings is 5. The van der Waals surface area contributed by atoms with Gasteiger partial charge in [-0.3, -0.25) is 26.3 Å². The standard InChI is InChI=1S/C16H19O2P.3C6F5.Au/c1-17-16(18-2)13-19(14-9-5-3-6-10-14)15-11-7-4-8-12-15;3*7-2-1-3(8)5(10)6(11)4(2)9;/h3-12,16H,13H2,1-2H3;;;;/q;3*-1;+3. The van der Waals surface area contributed by atoms with Crippen LogP contribution in [-0.4, -0.2) is 26.7 Å². The Labute approximate surface area is 308 Å². The molecule has 0 amide bonds. The molecule has 19 heteroatoms. The minimum atomic E-state index is -2.17. The number of hydrogen-bond donors (Lipinski definition) is 0. The monoisotopic (exact) mass is 972 g/mol. The molecule has 0 bridgehead atoms. The largest absolute Gasteiger partial charge is 3.00 e. The summed E-state index contributed by atoms with van der Waals surface area (Å²) in [5.41, 5.74) is 0. The molecule has 0 saturated carbocycles. The Morgan fingerprint density at radius 2 is 0.642 bits per heavy atom. The van der Waals surface area contributed by atoms with Gasteiger partial charge in [-0.15, -0.1) is 18.2 Å². The third kappa shape index (κ3) is 13.2. The Morgan fingerprint density at radius 1 is 0.415 bits per heavy atom. The zero-order chi connectivity index (χ0) is 39.3. The third-order valence-electron chi connectivity index (χ3n) is 5.96. The summed E-state index contributed by atoms with van der Waals surface area (Å²) in [6.45, 7) is 0. The smallest absolute Gasteiger partial charge is 0.356 e. The van der Waals surface area contributed by atoms with Gasteiger partial charge in [0, 0.05) is 20.4 Å². The van der Waals surface area contributed by atoms with E-state index < -0.39 is 95.2 Å². The molecule has 0 aliphatic rings. The molecule has 0 saturated heterocycles. The Morgan fingerprint density at radius 3 is 0.849 bits per heavy atom. The van der Waals surface area contributed by atoms with Crippen LogP contribution in [0.3, 0.4) is 0 Å². The average Bonchev–Trinajstić information content (AvgIpc) is 3.15. The number of ether oxygens (including phenoxy) is 2. The molecule has 0 fully saturated rings. The van der Waals surface area contributed by atoms with E-state index in [4.69, 9.17) is 9.47 Å². The van der Waals surface area contributed by atoms with Crippen LogP contribution < -0.4 is 10.6 Å². The number of hydrogen-bond acceptors (Lipinski definition) is 2. The van der Waals surface area contributed by atoms with Crippen LogP contribution in [0.2, 0.25) is 0 Å². The zero-order valence-electron chi connectivity index (χ0n) is 26.3. The number of rotatable bonds is 6. The quantitative estimate of drug-likeness (QED) is 0.0322. The van der Waals surface area contributed by atoms with Crippen LogP contribution in [0.15, 0.2) is 60.7 Å². The van der Waals surface area contributed by atoms with Gasteiger partial charge in [0.25, 0.3) is 0 Å².